The van der Waals surface area contributed by atoms with Crippen LogP contribution in [0.4, 0.5) is 0 Å². The Hall–Kier alpha value is -1.15. The van der Waals surface area contributed by atoms with E-state index in [0.29, 0.717) is 6.04 Å². The SMILES string of the molecule is C=C(C)S/C=C(C)/C(/C=C(\C)C(=C)N(CC)C(C)CC)=C/C.CC. The summed E-state index contributed by atoms with van der Waals surface area (Å²) in [4.78, 5) is 3.48. The highest BCUT2D eigenvalue weighted by atomic mass is 32.2. The number of nitrogens with zero attached hydrogens (tertiary/aromatic N) is 1. The van der Waals surface area contributed by atoms with E-state index in [9.17, 15) is 0 Å². The van der Waals surface area contributed by atoms with Crippen LogP contribution in [0.3, 0.4) is 0 Å². The van der Waals surface area contributed by atoms with Crippen LogP contribution in [0.5, 0.6) is 0 Å². The molecular weight excluding hydrogens is 310 g/mol. The van der Waals surface area contributed by atoms with Gasteiger partial charge in [-0.05, 0) is 75.0 Å². The summed E-state index contributed by atoms with van der Waals surface area (Å²) in [6.07, 6.45) is 5.52. The molecule has 0 fully saturated rings. The van der Waals surface area contributed by atoms with Gasteiger partial charge in [-0.15, -0.1) is 11.8 Å². The summed E-state index contributed by atoms with van der Waals surface area (Å²) in [6.45, 7) is 28.3. The van der Waals surface area contributed by atoms with Crippen molar-refractivity contribution in [1.29, 1.82) is 0 Å². The van der Waals surface area contributed by atoms with E-state index in [1.54, 1.807) is 11.8 Å². The predicted molar refractivity (Wildman–Crippen MR) is 116 cm³/mol. The summed E-state index contributed by atoms with van der Waals surface area (Å²) >= 11 is 1.68. The van der Waals surface area contributed by atoms with Crippen LogP contribution in [0.1, 0.15) is 68.7 Å². The minimum Gasteiger partial charge on any atom is -0.369 e. The third-order valence-electron chi connectivity index (χ3n) is 3.84. The molecule has 24 heavy (non-hydrogen) atoms. The first-order valence-corrected chi connectivity index (χ1v) is 9.96. The van der Waals surface area contributed by atoms with E-state index in [1.165, 1.54) is 16.7 Å². The van der Waals surface area contributed by atoms with E-state index < -0.39 is 0 Å². The first-order chi connectivity index (χ1) is 11.3. The molecular formula is C22H39NS. The Morgan fingerprint density at radius 2 is 1.62 bits per heavy atom. The first-order valence-electron chi connectivity index (χ1n) is 9.08. The van der Waals surface area contributed by atoms with Gasteiger partial charge >= 0.3 is 0 Å². The lowest BCUT2D eigenvalue weighted by Gasteiger charge is -2.31. The van der Waals surface area contributed by atoms with Gasteiger partial charge in [-0.3, -0.25) is 0 Å². The van der Waals surface area contributed by atoms with E-state index in [2.05, 4.69) is 77.2 Å². The average Bonchev–Trinajstić information content (AvgIpc) is 2.59. The number of thioether (sulfide) groups is 1. The van der Waals surface area contributed by atoms with Crippen LogP contribution in [0.2, 0.25) is 0 Å². The molecule has 0 aliphatic heterocycles. The lowest BCUT2D eigenvalue weighted by Crippen LogP contribution is -2.31. The lowest BCUT2D eigenvalue weighted by molar-refractivity contribution is 0.280. The first kappa shape index (κ1) is 25.1. The second-order valence-electron chi connectivity index (χ2n) is 5.68. The molecule has 2 heteroatoms. The van der Waals surface area contributed by atoms with Crippen LogP contribution >= 0.6 is 11.8 Å². The molecule has 0 aromatic carbocycles. The Labute approximate surface area is 156 Å². The lowest BCUT2D eigenvalue weighted by atomic mass is 10.0. The molecule has 0 radical (unpaired) electrons. The van der Waals surface area contributed by atoms with Crippen LogP contribution < -0.4 is 0 Å². The van der Waals surface area contributed by atoms with Gasteiger partial charge in [-0.1, -0.05) is 46.1 Å². The summed E-state index contributed by atoms with van der Waals surface area (Å²) in [5, 5.41) is 2.16. The third kappa shape index (κ3) is 9.22. The van der Waals surface area contributed by atoms with Crippen LogP contribution in [-0.2, 0) is 0 Å². The molecule has 0 saturated heterocycles. The Balaban J connectivity index is 0. The van der Waals surface area contributed by atoms with Gasteiger partial charge < -0.3 is 4.90 Å². The molecule has 1 nitrogen and oxygen atoms in total. The zero-order chi connectivity index (χ0) is 19.3. The van der Waals surface area contributed by atoms with Gasteiger partial charge in [0, 0.05) is 18.3 Å². The highest BCUT2D eigenvalue weighted by Crippen LogP contribution is 2.24. The molecule has 0 saturated carbocycles. The van der Waals surface area contributed by atoms with Gasteiger partial charge in [0.15, 0.2) is 0 Å². The summed E-state index contributed by atoms with van der Waals surface area (Å²) in [5.41, 5.74) is 4.85. The summed E-state index contributed by atoms with van der Waals surface area (Å²) in [7, 11) is 0. The quantitative estimate of drug-likeness (QED) is 0.392. The third-order valence-corrected chi connectivity index (χ3v) is 4.71. The molecule has 1 unspecified atom stereocenters. The Morgan fingerprint density at radius 3 is 2.00 bits per heavy atom. The molecule has 0 aliphatic carbocycles. The van der Waals surface area contributed by atoms with Crippen LogP contribution in [-0.4, -0.2) is 17.5 Å². The zero-order valence-electron chi connectivity index (χ0n) is 17.5. The molecule has 0 heterocycles. The maximum Gasteiger partial charge on any atom is 0.0325 e. The smallest absolute Gasteiger partial charge is 0.0325 e. The van der Waals surface area contributed by atoms with Gasteiger partial charge in [0.05, 0.1) is 0 Å². The van der Waals surface area contributed by atoms with Crippen molar-refractivity contribution < 1.29 is 0 Å². The van der Waals surface area contributed by atoms with Crippen molar-refractivity contribution in [3.63, 3.8) is 0 Å². The van der Waals surface area contributed by atoms with Crippen LogP contribution in [0.15, 0.2) is 58.0 Å². The standard InChI is InChI=1S/C20H33NS.C2H6/c1-10-18(8)21(12-3)19(9)16(6)13-20(11-2)17(7)14-22-15(4)5;1-2/h11,13-14,18H,4,9-10,12H2,1-3,5-8H3;1-2H3/b16-13+,17-14+,20-11+;. The largest absolute Gasteiger partial charge is 0.369 e. The van der Waals surface area contributed by atoms with Crippen molar-refractivity contribution >= 4 is 11.8 Å². The van der Waals surface area contributed by atoms with E-state index in [1.807, 2.05) is 20.8 Å². The van der Waals surface area contributed by atoms with E-state index in [0.717, 1.165) is 23.6 Å². The van der Waals surface area contributed by atoms with Crippen molar-refractivity contribution in [1.82, 2.24) is 4.90 Å². The average molecular weight is 350 g/mol. The number of likely N-dealkylation sites (N-methyl/N-ethyl adjacent to an activating group) is 1. The molecule has 0 aromatic rings. The van der Waals surface area contributed by atoms with Crippen molar-refractivity contribution in [3.8, 4) is 0 Å². The minimum atomic E-state index is 0.519. The molecule has 0 bridgehead atoms. The molecule has 0 spiro atoms. The fraction of sp³-hybridized carbons (Fsp3) is 0.545. The van der Waals surface area contributed by atoms with Gasteiger partial charge in [0.2, 0.25) is 0 Å². The van der Waals surface area contributed by atoms with E-state index >= 15 is 0 Å². The summed E-state index contributed by atoms with van der Waals surface area (Å²) < 4.78 is 0. The van der Waals surface area contributed by atoms with Crippen LogP contribution in [0.25, 0.3) is 0 Å². The van der Waals surface area contributed by atoms with Crippen LogP contribution in [0, 0.1) is 0 Å². The molecule has 138 valence electrons. The molecule has 0 amide bonds. The van der Waals surface area contributed by atoms with Gasteiger partial charge in [-0.25, -0.2) is 0 Å². The van der Waals surface area contributed by atoms with Crippen molar-refractivity contribution in [3.05, 3.63) is 58.0 Å². The minimum absolute atomic E-state index is 0.519. The Bertz CT molecular complexity index is 480. The monoisotopic (exact) mass is 349 g/mol. The maximum atomic E-state index is 4.31. The van der Waals surface area contributed by atoms with Gasteiger partial charge in [0.25, 0.3) is 0 Å². The summed E-state index contributed by atoms with van der Waals surface area (Å²) in [6, 6.07) is 0.519. The second-order valence-corrected chi connectivity index (χ2v) is 6.85. The van der Waals surface area contributed by atoms with Crippen molar-refractivity contribution in [2.24, 2.45) is 0 Å². The molecule has 0 aromatic heterocycles. The number of allylic oxidation sites excluding steroid dienone is 6. The van der Waals surface area contributed by atoms with Gasteiger partial charge in [-0.2, -0.15) is 0 Å². The van der Waals surface area contributed by atoms with Crippen molar-refractivity contribution in [2.75, 3.05) is 6.54 Å². The molecule has 1 atom stereocenters. The zero-order valence-corrected chi connectivity index (χ0v) is 18.3. The molecule has 0 aliphatic rings. The number of hydrogen-bond acceptors (Lipinski definition) is 2. The predicted octanol–water partition coefficient (Wildman–Crippen LogP) is 7.71. The normalized spacial score (nSPS) is 13.8. The second kappa shape index (κ2) is 14.2. The molecule has 0 rings (SSSR count). The summed E-state index contributed by atoms with van der Waals surface area (Å²) in [5.74, 6) is 0. The topological polar surface area (TPSA) is 3.24 Å². The highest BCUT2D eigenvalue weighted by Gasteiger charge is 2.13. The van der Waals surface area contributed by atoms with E-state index in [4.69, 9.17) is 0 Å². The Kier molecular flexibility index (Phi) is 14.9. The highest BCUT2D eigenvalue weighted by molar-refractivity contribution is 8.05. The van der Waals surface area contributed by atoms with Crippen molar-refractivity contribution in [2.45, 2.75) is 74.8 Å². The maximum absolute atomic E-state index is 4.31. The number of hydrogen-bond donors (Lipinski definition) is 0. The van der Waals surface area contributed by atoms with Gasteiger partial charge in [0.1, 0.15) is 0 Å². The number of rotatable bonds is 9. The fourth-order valence-corrected chi connectivity index (χ4v) is 2.73. The molecule has 0 N–H and O–H groups in total. The van der Waals surface area contributed by atoms with E-state index in [-0.39, 0.29) is 0 Å². The fourth-order valence-electron chi connectivity index (χ4n) is 2.21. The Morgan fingerprint density at radius 1 is 1.08 bits per heavy atom.